The SMILES string of the molecule is COc1cc(C(C)(C)C#N)c(F)cc1Br. The van der Waals surface area contributed by atoms with Gasteiger partial charge in [-0.15, -0.1) is 0 Å². The minimum atomic E-state index is -0.863. The van der Waals surface area contributed by atoms with E-state index in [-0.39, 0.29) is 0 Å². The predicted molar refractivity (Wildman–Crippen MR) is 59.3 cm³/mol. The van der Waals surface area contributed by atoms with Crippen molar-refractivity contribution in [3.63, 3.8) is 0 Å². The Morgan fingerprint density at radius 1 is 1.47 bits per heavy atom. The van der Waals surface area contributed by atoms with Crippen molar-refractivity contribution in [1.82, 2.24) is 0 Å². The van der Waals surface area contributed by atoms with Gasteiger partial charge in [-0.3, -0.25) is 0 Å². The minimum Gasteiger partial charge on any atom is -0.496 e. The Hall–Kier alpha value is -1.08. The van der Waals surface area contributed by atoms with Gasteiger partial charge in [-0.2, -0.15) is 5.26 Å². The van der Waals surface area contributed by atoms with Gasteiger partial charge < -0.3 is 4.74 Å². The van der Waals surface area contributed by atoms with Gasteiger partial charge in [0.15, 0.2) is 0 Å². The van der Waals surface area contributed by atoms with Gasteiger partial charge in [-0.1, -0.05) is 0 Å². The summed E-state index contributed by atoms with van der Waals surface area (Å²) in [5.74, 6) is 0.115. The van der Waals surface area contributed by atoms with Crippen LogP contribution in [0.4, 0.5) is 4.39 Å². The average Bonchev–Trinajstić information content (AvgIpc) is 2.17. The molecule has 1 rings (SSSR count). The average molecular weight is 272 g/mol. The van der Waals surface area contributed by atoms with Crippen LogP contribution in [0, 0.1) is 17.1 Å². The summed E-state index contributed by atoms with van der Waals surface area (Å²) in [7, 11) is 1.50. The molecule has 0 bridgehead atoms. The minimum absolute atomic E-state index is 0.338. The van der Waals surface area contributed by atoms with Crippen molar-refractivity contribution in [2.75, 3.05) is 7.11 Å². The van der Waals surface area contributed by atoms with E-state index in [9.17, 15) is 4.39 Å². The molecule has 0 heterocycles. The molecular weight excluding hydrogens is 261 g/mol. The lowest BCUT2D eigenvalue weighted by Gasteiger charge is -2.18. The lowest BCUT2D eigenvalue weighted by molar-refractivity contribution is 0.408. The molecule has 0 amide bonds. The van der Waals surface area contributed by atoms with Crippen molar-refractivity contribution in [1.29, 1.82) is 5.26 Å². The highest BCUT2D eigenvalue weighted by atomic mass is 79.9. The molecule has 0 fully saturated rings. The van der Waals surface area contributed by atoms with Gasteiger partial charge in [-0.05, 0) is 41.9 Å². The summed E-state index contributed by atoms with van der Waals surface area (Å²) in [6.45, 7) is 3.33. The maximum absolute atomic E-state index is 13.6. The molecule has 4 heteroatoms. The Labute approximate surface area is 96.8 Å². The Bertz CT molecular complexity index is 423. The second-order valence-electron chi connectivity index (χ2n) is 3.70. The number of methoxy groups -OCH3 is 1. The molecule has 0 aliphatic rings. The summed E-state index contributed by atoms with van der Waals surface area (Å²) in [4.78, 5) is 0. The molecule has 0 aliphatic heterocycles. The lowest BCUT2D eigenvalue weighted by atomic mass is 9.86. The zero-order valence-corrected chi connectivity index (χ0v) is 10.4. The smallest absolute Gasteiger partial charge is 0.133 e. The molecular formula is C11H11BrFNO. The van der Waals surface area contributed by atoms with Gasteiger partial charge in [0.2, 0.25) is 0 Å². The maximum Gasteiger partial charge on any atom is 0.133 e. The Balaban J connectivity index is 3.38. The molecule has 0 aliphatic carbocycles. The highest BCUT2D eigenvalue weighted by Gasteiger charge is 2.25. The van der Waals surface area contributed by atoms with E-state index < -0.39 is 11.2 Å². The molecule has 0 N–H and O–H groups in total. The zero-order valence-electron chi connectivity index (χ0n) is 8.77. The van der Waals surface area contributed by atoms with Gasteiger partial charge in [0.1, 0.15) is 11.6 Å². The van der Waals surface area contributed by atoms with E-state index in [2.05, 4.69) is 22.0 Å². The fourth-order valence-corrected chi connectivity index (χ4v) is 1.70. The van der Waals surface area contributed by atoms with Crippen molar-refractivity contribution in [3.05, 3.63) is 28.0 Å². The van der Waals surface area contributed by atoms with Crippen molar-refractivity contribution < 1.29 is 9.13 Å². The van der Waals surface area contributed by atoms with Crippen molar-refractivity contribution in [2.24, 2.45) is 0 Å². The van der Waals surface area contributed by atoms with E-state index in [1.807, 2.05) is 0 Å². The first-order valence-corrected chi connectivity index (χ1v) is 5.16. The lowest BCUT2D eigenvalue weighted by Crippen LogP contribution is -2.16. The van der Waals surface area contributed by atoms with Crippen LogP contribution in [-0.4, -0.2) is 7.11 Å². The normalized spacial score (nSPS) is 10.9. The highest BCUT2D eigenvalue weighted by molar-refractivity contribution is 9.10. The van der Waals surface area contributed by atoms with Crippen LogP contribution in [0.3, 0.4) is 0 Å². The summed E-state index contributed by atoms with van der Waals surface area (Å²) in [6, 6.07) is 4.92. The second-order valence-corrected chi connectivity index (χ2v) is 4.56. The predicted octanol–water partition coefficient (Wildman–Crippen LogP) is 3.40. The molecule has 0 saturated heterocycles. The van der Waals surface area contributed by atoms with E-state index in [0.717, 1.165) is 0 Å². The third-order valence-corrected chi connectivity index (χ3v) is 2.81. The van der Waals surface area contributed by atoms with Crippen LogP contribution in [0.1, 0.15) is 19.4 Å². The van der Waals surface area contributed by atoms with Gasteiger partial charge in [0, 0.05) is 5.56 Å². The van der Waals surface area contributed by atoms with Crippen LogP contribution in [0.2, 0.25) is 0 Å². The highest BCUT2D eigenvalue weighted by Crippen LogP contribution is 2.33. The van der Waals surface area contributed by atoms with Crippen LogP contribution in [0.5, 0.6) is 5.75 Å². The van der Waals surface area contributed by atoms with Crippen LogP contribution in [0.25, 0.3) is 0 Å². The number of hydrogen-bond acceptors (Lipinski definition) is 2. The third kappa shape index (κ3) is 2.29. The second kappa shape index (κ2) is 4.19. The first-order valence-electron chi connectivity index (χ1n) is 4.37. The van der Waals surface area contributed by atoms with Gasteiger partial charge in [0.25, 0.3) is 0 Å². The largest absolute Gasteiger partial charge is 0.496 e. The number of nitriles is 1. The van der Waals surface area contributed by atoms with Crippen molar-refractivity contribution in [2.45, 2.75) is 19.3 Å². The van der Waals surface area contributed by atoms with E-state index >= 15 is 0 Å². The van der Waals surface area contributed by atoms with E-state index in [0.29, 0.717) is 15.8 Å². The number of benzene rings is 1. The molecule has 80 valence electrons. The molecule has 0 atom stereocenters. The van der Waals surface area contributed by atoms with Gasteiger partial charge in [-0.25, -0.2) is 4.39 Å². The van der Waals surface area contributed by atoms with Gasteiger partial charge >= 0.3 is 0 Å². The van der Waals surface area contributed by atoms with E-state index in [1.165, 1.54) is 13.2 Å². The monoisotopic (exact) mass is 271 g/mol. The summed E-state index contributed by atoms with van der Waals surface area (Å²) in [6.07, 6.45) is 0. The molecule has 1 aromatic carbocycles. The number of hydrogen-bond donors (Lipinski definition) is 0. The third-order valence-electron chi connectivity index (χ3n) is 2.19. The first-order chi connectivity index (χ1) is 6.92. The molecule has 0 unspecified atom stereocenters. The van der Waals surface area contributed by atoms with Crippen LogP contribution >= 0.6 is 15.9 Å². The first kappa shape index (κ1) is 12.0. The fourth-order valence-electron chi connectivity index (χ4n) is 1.22. The van der Waals surface area contributed by atoms with Crippen LogP contribution < -0.4 is 4.74 Å². The summed E-state index contributed by atoms with van der Waals surface area (Å²) < 4.78 is 19.2. The van der Waals surface area contributed by atoms with Crippen LogP contribution in [-0.2, 0) is 5.41 Å². The molecule has 0 aromatic heterocycles. The van der Waals surface area contributed by atoms with Crippen molar-refractivity contribution >= 4 is 15.9 Å². The Morgan fingerprint density at radius 2 is 2.07 bits per heavy atom. The molecule has 2 nitrogen and oxygen atoms in total. The van der Waals surface area contributed by atoms with Crippen LogP contribution in [0.15, 0.2) is 16.6 Å². The summed E-state index contributed by atoms with van der Waals surface area (Å²) in [5.41, 5.74) is -0.525. The number of ether oxygens (including phenoxy) is 1. The zero-order chi connectivity index (χ0) is 11.6. The molecule has 0 radical (unpaired) electrons. The molecule has 15 heavy (non-hydrogen) atoms. The molecule has 1 aromatic rings. The van der Waals surface area contributed by atoms with E-state index in [4.69, 9.17) is 10.00 Å². The quantitative estimate of drug-likeness (QED) is 0.826. The fraction of sp³-hybridized carbons (Fsp3) is 0.364. The molecule has 0 spiro atoms. The standard InChI is InChI=1S/C11H11BrFNO/c1-11(2,6-14)7-4-10(15-3)8(12)5-9(7)13/h4-5H,1-3H3. The Morgan fingerprint density at radius 3 is 2.53 bits per heavy atom. The van der Waals surface area contributed by atoms with Gasteiger partial charge in [0.05, 0.1) is 23.1 Å². The topological polar surface area (TPSA) is 33.0 Å². The summed E-state index contributed by atoms with van der Waals surface area (Å²) in [5, 5.41) is 8.94. The van der Waals surface area contributed by atoms with E-state index in [1.54, 1.807) is 19.9 Å². The number of halogens is 2. The summed E-state index contributed by atoms with van der Waals surface area (Å²) >= 11 is 3.18. The molecule has 0 saturated carbocycles. The maximum atomic E-state index is 13.6. The number of nitrogens with zero attached hydrogens (tertiary/aromatic N) is 1. The number of rotatable bonds is 2. The Kier molecular flexibility index (Phi) is 3.35. The van der Waals surface area contributed by atoms with Crippen molar-refractivity contribution in [3.8, 4) is 11.8 Å².